The molecule has 1 saturated heterocycles. The highest BCUT2D eigenvalue weighted by Crippen LogP contribution is 2.20. The van der Waals surface area contributed by atoms with Gasteiger partial charge in [0.25, 0.3) is 0 Å². The lowest BCUT2D eigenvalue weighted by Crippen LogP contribution is -2.18. The number of rotatable bonds is 0. The van der Waals surface area contributed by atoms with Gasteiger partial charge < -0.3 is 4.74 Å². The highest BCUT2D eigenvalue weighted by atomic mass is 35.5. The first-order valence-electron chi connectivity index (χ1n) is 3.04. The van der Waals surface area contributed by atoms with Gasteiger partial charge in [0, 0.05) is 6.61 Å². The number of ether oxygens (including phenoxy) is 1. The van der Waals surface area contributed by atoms with Crippen molar-refractivity contribution >= 4 is 11.6 Å². The highest BCUT2D eigenvalue weighted by molar-refractivity contribution is 6.19. The third-order valence-corrected chi connectivity index (χ3v) is 1.80. The zero-order valence-electron chi connectivity index (χ0n) is 5.06. The fourth-order valence-corrected chi connectivity index (χ4v) is 1.29. The average molecular weight is 135 g/mol. The third-order valence-electron chi connectivity index (χ3n) is 1.50. The minimum Gasteiger partial charge on any atom is -0.362 e. The molecule has 0 bridgehead atoms. The second kappa shape index (κ2) is 2.70. The Labute approximate surface area is 55.0 Å². The first-order chi connectivity index (χ1) is 3.79. The first-order valence-corrected chi connectivity index (χ1v) is 3.48. The molecule has 0 aromatic carbocycles. The standard InChI is InChI=1S/C6H11ClO/c1-5-2-3-8-6(7)4-5/h5-6H,2-4H2,1H3. The monoisotopic (exact) mass is 134 g/mol. The molecule has 1 nitrogen and oxygen atoms in total. The molecule has 0 aromatic rings. The Morgan fingerprint density at radius 2 is 2.38 bits per heavy atom. The quantitative estimate of drug-likeness (QED) is 0.461. The van der Waals surface area contributed by atoms with Crippen LogP contribution in [0.3, 0.4) is 0 Å². The topological polar surface area (TPSA) is 9.23 Å². The highest BCUT2D eigenvalue weighted by Gasteiger charge is 2.15. The van der Waals surface area contributed by atoms with Gasteiger partial charge in [0.15, 0.2) is 0 Å². The Morgan fingerprint density at radius 3 is 2.75 bits per heavy atom. The van der Waals surface area contributed by atoms with Crippen LogP contribution in [0.1, 0.15) is 19.8 Å². The van der Waals surface area contributed by atoms with E-state index in [1.807, 2.05) is 0 Å². The number of halogens is 1. The van der Waals surface area contributed by atoms with E-state index in [2.05, 4.69) is 6.92 Å². The van der Waals surface area contributed by atoms with Gasteiger partial charge in [-0.15, -0.1) is 0 Å². The molecule has 48 valence electrons. The molecule has 1 fully saturated rings. The Kier molecular flexibility index (Phi) is 2.15. The average Bonchev–Trinajstić information content (AvgIpc) is 1.64. The van der Waals surface area contributed by atoms with Gasteiger partial charge in [-0.1, -0.05) is 18.5 Å². The van der Waals surface area contributed by atoms with Gasteiger partial charge in [-0.05, 0) is 18.8 Å². The Bertz CT molecular complexity index is 66.9. The molecular formula is C6H11ClO. The second-order valence-corrected chi connectivity index (χ2v) is 2.90. The summed E-state index contributed by atoms with van der Waals surface area (Å²) in [7, 11) is 0. The van der Waals surface area contributed by atoms with E-state index in [0.29, 0.717) is 0 Å². The zero-order valence-corrected chi connectivity index (χ0v) is 5.82. The lowest BCUT2D eigenvalue weighted by atomic mass is 10.0. The maximum absolute atomic E-state index is 5.69. The van der Waals surface area contributed by atoms with E-state index in [1.54, 1.807) is 0 Å². The minimum absolute atomic E-state index is 0.0150. The molecule has 0 N–H and O–H groups in total. The van der Waals surface area contributed by atoms with Crippen LogP contribution in [0.4, 0.5) is 0 Å². The number of hydrogen-bond donors (Lipinski definition) is 0. The van der Waals surface area contributed by atoms with Crippen molar-refractivity contribution in [1.29, 1.82) is 0 Å². The van der Waals surface area contributed by atoms with E-state index in [1.165, 1.54) is 6.42 Å². The van der Waals surface area contributed by atoms with Crippen molar-refractivity contribution in [1.82, 2.24) is 0 Å². The fraction of sp³-hybridized carbons (Fsp3) is 1.00. The van der Waals surface area contributed by atoms with Crippen molar-refractivity contribution in [2.24, 2.45) is 5.92 Å². The summed E-state index contributed by atoms with van der Waals surface area (Å²) in [5.41, 5.74) is -0.0150. The molecule has 2 atom stereocenters. The van der Waals surface area contributed by atoms with Crippen LogP contribution in [0.2, 0.25) is 0 Å². The van der Waals surface area contributed by atoms with Gasteiger partial charge in [-0.25, -0.2) is 0 Å². The van der Waals surface area contributed by atoms with Crippen molar-refractivity contribution in [3.8, 4) is 0 Å². The van der Waals surface area contributed by atoms with E-state index < -0.39 is 0 Å². The summed E-state index contributed by atoms with van der Waals surface area (Å²) in [6.07, 6.45) is 2.19. The Hall–Kier alpha value is 0.250. The maximum Gasteiger partial charge on any atom is 0.131 e. The predicted octanol–water partition coefficient (Wildman–Crippen LogP) is 2.00. The van der Waals surface area contributed by atoms with E-state index in [9.17, 15) is 0 Å². The molecular weight excluding hydrogens is 124 g/mol. The fourth-order valence-electron chi connectivity index (χ4n) is 0.899. The van der Waals surface area contributed by atoms with Gasteiger partial charge in [-0.2, -0.15) is 0 Å². The molecule has 0 spiro atoms. The molecule has 8 heavy (non-hydrogen) atoms. The van der Waals surface area contributed by atoms with Crippen molar-refractivity contribution in [2.75, 3.05) is 6.61 Å². The lowest BCUT2D eigenvalue weighted by Gasteiger charge is -2.22. The number of alkyl halides is 1. The maximum atomic E-state index is 5.69. The van der Waals surface area contributed by atoms with E-state index in [-0.39, 0.29) is 5.56 Å². The smallest absolute Gasteiger partial charge is 0.131 e. The molecule has 0 aromatic heterocycles. The molecule has 2 heteroatoms. The van der Waals surface area contributed by atoms with Crippen LogP contribution < -0.4 is 0 Å². The first kappa shape index (κ1) is 6.37. The van der Waals surface area contributed by atoms with E-state index in [0.717, 1.165) is 18.9 Å². The van der Waals surface area contributed by atoms with Crippen molar-refractivity contribution in [3.63, 3.8) is 0 Å². The lowest BCUT2D eigenvalue weighted by molar-refractivity contribution is 0.0441. The van der Waals surface area contributed by atoms with Crippen LogP contribution in [-0.2, 0) is 4.74 Å². The second-order valence-electron chi connectivity index (χ2n) is 2.41. The Balaban J connectivity index is 2.23. The summed E-state index contributed by atoms with van der Waals surface area (Å²) >= 11 is 5.69. The number of hydrogen-bond acceptors (Lipinski definition) is 1. The normalized spacial score (nSPS) is 39.8. The van der Waals surface area contributed by atoms with Crippen LogP contribution >= 0.6 is 11.6 Å². The third kappa shape index (κ3) is 1.64. The summed E-state index contributed by atoms with van der Waals surface area (Å²) in [5.74, 6) is 0.756. The van der Waals surface area contributed by atoms with Crippen LogP contribution in [0, 0.1) is 5.92 Å². The largest absolute Gasteiger partial charge is 0.362 e. The summed E-state index contributed by atoms with van der Waals surface area (Å²) in [6, 6.07) is 0. The molecule has 1 aliphatic heterocycles. The van der Waals surface area contributed by atoms with E-state index in [4.69, 9.17) is 16.3 Å². The van der Waals surface area contributed by atoms with Gasteiger partial charge in [-0.3, -0.25) is 0 Å². The molecule has 0 aliphatic carbocycles. The molecule has 1 rings (SSSR count). The van der Waals surface area contributed by atoms with E-state index >= 15 is 0 Å². The van der Waals surface area contributed by atoms with Crippen molar-refractivity contribution in [3.05, 3.63) is 0 Å². The van der Waals surface area contributed by atoms with Crippen molar-refractivity contribution in [2.45, 2.75) is 25.3 Å². The minimum atomic E-state index is -0.0150. The van der Waals surface area contributed by atoms with Gasteiger partial charge in [0.2, 0.25) is 0 Å². The molecule has 0 amide bonds. The molecule has 1 heterocycles. The summed E-state index contributed by atoms with van der Waals surface area (Å²) in [6.45, 7) is 3.05. The molecule has 0 radical (unpaired) electrons. The molecule has 0 saturated carbocycles. The summed E-state index contributed by atoms with van der Waals surface area (Å²) in [5, 5.41) is 0. The van der Waals surface area contributed by atoms with Gasteiger partial charge >= 0.3 is 0 Å². The zero-order chi connectivity index (χ0) is 5.98. The van der Waals surface area contributed by atoms with Crippen molar-refractivity contribution < 1.29 is 4.74 Å². The van der Waals surface area contributed by atoms with Gasteiger partial charge in [0.1, 0.15) is 5.56 Å². The van der Waals surface area contributed by atoms with Crippen LogP contribution in [0.15, 0.2) is 0 Å². The predicted molar refractivity (Wildman–Crippen MR) is 34.0 cm³/mol. The molecule has 2 unspecified atom stereocenters. The summed E-state index contributed by atoms with van der Waals surface area (Å²) < 4.78 is 5.11. The van der Waals surface area contributed by atoms with Crippen LogP contribution in [0.5, 0.6) is 0 Å². The van der Waals surface area contributed by atoms with Gasteiger partial charge in [0.05, 0.1) is 0 Å². The van der Waals surface area contributed by atoms with Crippen LogP contribution in [-0.4, -0.2) is 12.2 Å². The Morgan fingerprint density at radius 1 is 1.62 bits per heavy atom. The summed E-state index contributed by atoms with van der Waals surface area (Å²) in [4.78, 5) is 0. The molecule has 1 aliphatic rings. The SMILES string of the molecule is CC1CCOC(Cl)C1. The van der Waals surface area contributed by atoms with Crippen LogP contribution in [0.25, 0.3) is 0 Å².